The zero-order valence-electron chi connectivity index (χ0n) is 14.2. The lowest BCUT2D eigenvalue weighted by molar-refractivity contribution is 0.0902. The quantitative estimate of drug-likeness (QED) is 0.680. The van der Waals surface area contributed by atoms with Gasteiger partial charge in [0.15, 0.2) is 5.78 Å². The van der Waals surface area contributed by atoms with Crippen molar-refractivity contribution < 1.29 is 4.79 Å². The second-order valence-electron chi connectivity index (χ2n) is 6.34. The summed E-state index contributed by atoms with van der Waals surface area (Å²) in [6.07, 6.45) is 5.99. The Hall–Kier alpha value is -2.83. The average molecular weight is 336 g/mol. The number of pyridine rings is 1. The van der Waals surface area contributed by atoms with E-state index >= 15 is 0 Å². The minimum absolute atomic E-state index is 0.0511. The van der Waals surface area contributed by atoms with Crippen molar-refractivity contribution in [2.45, 2.75) is 26.2 Å². The fourth-order valence-corrected chi connectivity index (χ4v) is 3.39. The number of ketones is 1. The van der Waals surface area contributed by atoms with Crippen molar-refractivity contribution in [3.8, 4) is 0 Å². The Bertz CT molecular complexity index is 891. The number of carbonyl (C=O) groups excluding carboxylic acids is 1. The summed E-state index contributed by atoms with van der Waals surface area (Å²) in [5, 5.41) is 12.7. The van der Waals surface area contributed by atoms with Gasteiger partial charge < -0.3 is 4.90 Å². The number of hydrogen-bond donors (Lipinski definition) is 0. The summed E-state index contributed by atoms with van der Waals surface area (Å²) in [5.74, 6) is 0.0671. The molecule has 3 aromatic rings. The van der Waals surface area contributed by atoms with E-state index in [1.807, 2.05) is 12.1 Å². The molecule has 0 bridgehead atoms. The number of Topliss-reactive ketones (excluding diaryl/α,β-unsaturated/α-hetero) is 1. The Morgan fingerprint density at radius 3 is 3.08 bits per heavy atom. The molecule has 0 amide bonds. The van der Waals surface area contributed by atoms with Gasteiger partial charge in [-0.1, -0.05) is 13.0 Å². The predicted molar refractivity (Wildman–Crippen MR) is 93.7 cm³/mol. The van der Waals surface area contributed by atoms with E-state index in [9.17, 15) is 4.79 Å². The highest BCUT2D eigenvalue weighted by atomic mass is 16.1. The number of piperidine rings is 1. The normalized spacial score (nSPS) is 17.8. The van der Waals surface area contributed by atoms with Gasteiger partial charge in [-0.2, -0.15) is 9.61 Å². The maximum atomic E-state index is 12.8. The van der Waals surface area contributed by atoms with Crippen molar-refractivity contribution in [3.63, 3.8) is 0 Å². The first-order valence-corrected chi connectivity index (χ1v) is 8.66. The largest absolute Gasteiger partial charge is 0.368 e. The van der Waals surface area contributed by atoms with Gasteiger partial charge >= 0.3 is 0 Å². The second kappa shape index (κ2) is 6.58. The van der Waals surface area contributed by atoms with Crippen LogP contribution in [-0.2, 0) is 6.42 Å². The highest BCUT2D eigenvalue weighted by molar-refractivity contribution is 5.96. The van der Waals surface area contributed by atoms with Crippen LogP contribution in [0.2, 0.25) is 0 Å². The molecule has 4 heterocycles. The molecule has 1 aliphatic rings. The zero-order chi connectivity index (χ0) is 17.2. The van der Waals surface area contributed by atoms with Gasteiger partial charge in [-0.05, 0) is 37.5 Å². The molecule has 3 aromatic heterocycles. The molecule has 1 unspecified atom stereocenters. The number of anilines is 1. The van der Waals surface area contributed by atoms with Gasteiger partial charge in [0.05, 0.1) is 11.4 Å². The van der Waals surface area contributed by atoms with Crippen molar-refractivity contribution in [3.05, 3.63) is 48.2 Å². The molecule has 7 nitrogen and oxygen atoms in total. The molecule has 7 heteroatoms. The highest BCUT2D eigenvalue weighted by Crippen LogP contribution is 2.28. The molecule has 0 spiro atoms. The van der Waals surface area contributed by atoms with Crippen molar-refractivity contribution in [2.75, 3.05) is 18.0 Å². The predicted octanol–water partition coefficient (Wildman–Crippen LogP) is 2.18. The minimum Gasteiger partial charge on any atom is -0.368 e. The molecule has 128 valence electrons. The lowest BCUT2D eigenvalue weighted by atomic mass is 9.91. The standard InChI is InChI=1S/C18H20N6O/c1-2-14-10-16(18-21-20-12-24(18)22-14)23-9-5-6-13(11-23)17(25)15-7-3-4-8-19-15/h3-4,7-8,10,12-13H,2,5-6,9,11H2,1H3. The molecule has 1 saturated heterocycles. The van der Waals surface area contributed by atoms with E-state index in [1.165, 1.54) is 0 Å². The molecule has 4 rings (SSSR count). The fourth-order valence-electron chi connectivity index (χ4n) is 3.39. The van der Waals surface area contributed by atoms with Gasteiger partial charge in [0.25, 0.3) is 0 Å². The Kier molecular flexibility index (Phi) is 4.13. The van der Waals surface area contributed by atoms with Gasteiger partial charge in [0, 0.05) is 25.2 Å². The number of hydrogen-bond acceptors (Lipinski definition) is 6. The van der Waals surface area contributed by atoms with Gasteiger partial charge in [0.1, 0.15) is 12.0 Å². The Labute approximate surface area is 145 Å². The van der Waals surface area contributed by atoms with Crippen molar-refractivity contribution in [1.82, 2.24) is 24.8 Å². The molecule has 0 N–H and O–H groups in total. The number of aromatic nitrogens is 5. The van der Waals surface area contributed by atoms with E-state index < -0.39 is 0 Å². The smallest absolute Gasteiger partial charge is 0.200 e. The van der Waals surface area contributed by atoms with Crippen LogP contribution in [-0.4, -0.2) is 43.7 Å². The van der Waals surface area contributed by atoms with Crippen molar-refractivity contribution in [2.24, 2.45) is 5.92 Å². The number of nitrogens with zero attached hydrogens (tertiary/aromatic N) is 6. The summed E-state index contributed by atoms with van der Waals surface area (Å²) in [6.45, 7) is 3.65. The summed E-state index contributed by atoms with van der Waals surface area (Å²) >= 11 is 0. The minimum atomic E-state index is -0.0511. The summed E-state index contributed by atoms with van der Waals surface area (Å²) in [5.41, 5.74) is 3.28. The van der Waals surface area contributed by atoms with Crippen LogP contribution >= 0.6 is 0 Å². The molecule has 0 radical (unpaired) electrons. The lowest BCUT2D eigenvalue weighted by Crippen LogP contribution is -2.39. The molecule has 1 atom stereocenters. The van der Waals surface area contributed by atoms with E-state index in [4.69, 9.17) is 0 Å². The molecule has 0 aromatic carbocycles. The van der Waals surface area contributed by atoms with Crippen LogP contribution in [0.5, 0.6) is 0 Å². The third-order valence-corrected chi connectivity index (χ3v) is 4.71. The first-order chi connectivity index (χ1) is 12.3. The van der Waals surface area contributed by atoms with Gasteiger partial charge in [-0.3, -0.25) is 9.78 Å². The maximum absolute atomic E-state index is 12.8. The maximum Gasteiger partial charge on any atom is 0.200 e. The number of aryl methyl sites for hydroxylation is 1. The molecule has 0 saturated carbocycles. The fraction of sp³-hybridized carbons (Fsp3) is 0.389. The van der Waals surface area contributed by atoms with Crippen molar-refractivity contribution >= 4 is 17.1 Å². The molecule has 1 fully saturated rings. The topological polar surface area (TPSA) is 76.3 Å². The highest BCUT2D eigenvalue weighted by Gasteiger charge is 2.28. The first kappa shape index (κ1) is 15.7. The van der Waals surface area contributed by atoms with Crippen LogP contribution in [0.3, 0.4) is 0 Å². The van der Waals surface area contributed by atoms with Gasteiger partial charge in [-0.15, -0.1) is 10.2 Å². The molecule has 25 heavy (non-hydrogen) atoms. The second-order valence-corrected chi connectivity index (χ2v) is 6.34. The summed E-state index contributed by atoms with van der Waals surface area (Å²) in [7, 11) is 0. The first-order valence-electron chi connectivity index (χ1n) is 8.66. The SMILES string of the molecule is CCc1cc(N2CCCC(C(=O)c3ccccn3)C2)c2nncn2n1. The molecular formula is C18H20N6O. The van der Waals surface area contributed by atoms with Crippen LogP contribution in [0.1, 0.15) is 35.9 Å². The van der Waals surface area contributed by atoms with Gasteiger partial charge in [0.2, 0.25) is 5.65 Å². The third kappa shape index (κ3) is 2.97. The lowest BCUT2D eigenvalue weighted by Gasteiger charge is -2.33. The van der Waals surface area contributed by atoms with Crippen LogP contribution in [0.4, 0.5) is 5.69 Å². The Morgan fingerprint density at radius 2 is 2.28 bits per heavy atom. The monoisotopic (exact) mass is 336 g/mol. The Morgan fingerprint density at radius 1 is 1.36 bits per heavy atom. The van der Waals surface area contributed by atoms with E-state index in [-0.39, 0.29) is 11.7 Å². The zero-order valence-corrected chi connectivity index (χ0v) is 14.2. The molecule has 1 aliphatic heterocycles. The Balaban J connectivity index is 1.63. The average Bonchev–Trinajstić information content (AvgIpc) is 3.16. The van der Waals surface area contributed by atoms with Crippen LogP contribution in [0.15, 0.2) is 36.8 Å². The number of carbonyl (C=O) groups is 1. The van der Waals surface area contributed by atoms with E-state index in [0.29, 0.717) is 12.2 Å². The van der Waals surface area contributed by atoms with E-state index in [2.05, 4.69) is 38.2 Å². The molecule has 0 aliphatic carbocycles. The van der Waals surface area contributed by atoms with Crippen LogP contribution in [0, 0.1) is 5.92 Å². The van der Waals surface area contributed by atoms with E-state index in [0.717, 1.165) is 42.8 Å². The summed E-state index contributed by atoms with van der Waals surface area (Å²) < 4.78 is 1.72. The van der Waals surface area contributed by atoms with Crippen LogP contribution in [0.25, 0.3) is 5.65 Å². The molecular weight excluding hydrogens is 316 g/mol. The van der Waals surface area contributed by atoms with E-state index in [1.54, 1.807) is 23.1 Å². The number of fused-ring (bicyclic) bond motifs is 1. The number of rotatable bonds is 4. The summed E-state index contributed by atoms with van der Waals surface area (Å²) in [6, 6.07) is 7.55. The summed E-state index contributed by atoms with van der Waals surface area (Å²) in [4.78, 5) is 19.2. The van der Waals surface area contributed by atoms with Crippen molar-refractivity contribution in [1.29, 1.82) is 0 Å². The third-order valence-electron chi connectivity index (χ3n) is 4.71. The van der Waals surface area contributed by atoms with Gasteiger partial charge in [-0.25, -0.2) is 0 Å². The van der Waals surface area contributed by atoms with Crippen LogP contribution < -0.4 is 4.90 Å².